The first-order valence-corrected chi connectivity index (χ1v) is 7.13. The first-order valence-electron chi connectivity index (χ1n) is 6.75. The Balaban J connectivity index is 1.49. The van der Waals surface area contributed by atoms with Gasteiger partial charge in [0.05, 0.1) is 5.02 Å². The van der Waals surface area contributed by atoms with Gasteiger partial charge in [-0.25, -0.2) is 0 Å². The van der Waals surface area contributed by atoms with Crippen molar-refractivity contribution in [1.82, 2.24) is 5.32 Å². The Kier molecular flexibility index (Phi) is 4.34. The molecule has 3 rings (SSSR count). The number of ether oxygens (including phenoxy) is 3. The van der Waals surface area contributed by atoms with Crippen molar-refractivity contribution in [2.24, 2.45) is 0 Å². The molecule has 0 saturated heterocycles. The average molecular weight is 320 g/mol. The molecule has 0 spiro atoms. The van der Waals surface area contributed by atoms with Crippen molar-refractivity contribution in [3.05, 3.63) is 53.1 Å². The minimum absolute atomic E-state index is 0.0890. The van der Waals surface area contributed by atoms with Crippen LogP contribution >= 0.6 is 11.6 Å². The summed E-state index contributed by atoms with van der Waals surface area (Å²) in [6.07, 6.45) is 0. The molecule has 0 fully saturated rings. The van der Waals surface area contributed by atoms with Crippen LogP contribution in [0, 0.1) is 0 Å². The summed E-state index contributed by atoms with van der Waals surface area (Å²) in [5.41, 5.74) is 0.926. The zero-order valence-electron chi connectivity index (χ0n) is 11.7. The summed E-state index contributed by atoms with van der Waals surface area (Å²) in [4.78, 5) is 11.8. The van der Waals surface area contributed by atoms with Gasteiger partial charge in [-0.3, -0.25) is 4.79 Å². The number of carbonyl (C=O) groups is 1. The summed E-state index contributed by atoms with van der Waals surface area (Å²) >= 11 is 5.95. The van der Waals surface area contributed by atoms with Crippen LogP contribution in [-0.2, 0) is 11.3 Å². The highest BCUT2D eigenvalue weighted by Crippen LogP contribution is 2.32. The highest BCUT2D eigenvalue weighted by Gasteiger charge is 2.13. The number of benzene rings is 2. The quantitative estimate of drug-likeness (QED) is 0.920. The SMILES string of the molecule is O=C(COc1ccccc1Cl)NCc1ccc2c(c1)OCO2. The lowest BCUT2D eigenvalue weighted by Gasteiger charge is -2.09. The molecule has 0 aliphatic carbocycles. The lowest BCUT2D eigenvalue weighted by molar-refractivity contribution is -0.123. The number of hydrogen-bond donors (Lipinski definition) is 1. The van der Waals surface area contributed by atoms with Crippen molar-refractivity contribution >= 4 is 17.5 Å². The molecule has 6 heteroatoms. The molecule has 114 valence electrons. The fraction of sp³-hybridized carbons (Fsp3) is 0.188. The van der Waals surface area contributed by atoms with Crippen LogP contribution in [0.25, 0.3) is 0 Å². The molecule has 0 atom stereocenters. The standard InChI is InChI=1S/C16H14ClNO4/c17-12-3-1-2-4-13(12)20-9-16(19)18-8-11-5-6-14-15(7-11)22-10-21-14/h1-7H,8-10H2,(H,18,19). The Labute approximate surface area is 132 Å². The molecule has 1 aliphatic heterocycles. The second-order valence-electron chi connectivity index (χ2n) is 4.68. The maximum Gasteiger partial charge on any atom is 0.258 e. The van der Waals surface area contributed by atoms with E-state index in [2.05, 4.69) is 5.32 Å². The average Bonchev–Trinajstić information content (AvgIpc) is 2.99. The fourth-order valence-electron chi connectivity index (χ4n) is 2.01. The van der Waals surface area contributed by atoms with Gasteiger partial charge in [-0.15, -0.1) is 0 Å². The predicted molar refractivity (Wildman–Crippen MR) is 81.4 cm³/mol. The second kappa shape index (κ2) is 6.58. The van der Waals surface area contributed by atoms with Crippen molar-refractivity contribution in [3.63, 3.8) is 0 Å². The lowest BCUT2D eigenvalue weighted by Crippen LogP contribution is -2.28. The number of halogens is 1. The molecule has 1 N–H and O–H groups in total. The van der Waals surface area contributed by atoms with E-state index in [0.29, 0.717) is 23.1 Å². The van der Waals surface area contributed by atoms with E-state index in [0.717, 1.165) is 11.3 Å². The number of para-hydroxylation sites is 1. The first kappa shape index (κ1) is 14.5. The highest BCUT2D eigenvalue weighted by atomic mass is 35.5. The van der Waals surface area contributed by atoms with E-state index in [1.165, 1.54) is 0 Å². The Morgan fingerprint density at radius 1 is 1.18 bits per heavy atom. The smallest absolute Gasteiger partial charge is 0.258 e. The van der Waals surface area contributed by atoms with Gasteiger partial charge in [-0.1, -0.05) is 29.8 Å². The molecule has 22 heavy (non-hydrogen) atoms. The van der Waals surface area contributed by atoms with Crippen LogP contribution in [0.2, 0.25) is 5.02 Å². The topological polar surface area (TPSA) is 56.8 Å². The van der Waals surface area contributed by atoms with Gasteiger partial charge in [-0.05, 0) is 29.8 Å². The molecule has 0 aromatic heterocycles. The van der Waals surface area contributed by atoms with Crippen LogP contribution < -0.4 is 19.5 Å². The van der Waals surface area contributed by atoms with Crippen molar-refractivity contribution < 1.29 is 19.0 Å². The molecule has 0 bridgehead atoms. The number of nitrogens with one attached hydrogen (secondary N) is 1. The molecule has 0 saturated carbocycles. The van der Waals surface area contributed by atoms with Crippen LogP contribution in [0.1, 0.15) is 5.56 Å². The summed E-state index contributed by atoms with van der Waals surface area (Å²) in [6.45, 7) is 0.534. The molecular weight excluding hydrogens is 306 g/mol. The third kappa shape index (κ3) is 3.43. The van der Waals surface area contributed by atoms with E-state index in [4.69, 9.17) is 25.8 Å². The second-order valence-corrected chi connectivity index (χ2v) is 5.09. The first-order chi connectivity index (χ1) is 10.7. The van der Waals surface area contributed by atoms with Crippen LogP contribution in [0.5, 0.6) is 17.2 Å². The van der Waals surface area contributed by atoms with E-state index >= 15 is 0 Å². The Bertz CT molecular complexity index is 690. The van der Waals surface area contributed by atoms with Gasteiger partial charge in [0.2, 0.25) is 6.79 Å². The summed E-state index contributed by atoms with van der Waals surface area (Å²) in [7, 11) is 0. The Morgan fingerprint density at radius 3 is 2.86 bits per heavy atom. The van der Waals surface area contributed by atoms with E-state index in [9.17, 15) is 4.79 Å². The van der Waals surface area contributed by atoms with Gasteiger partial charge in [0.25, 0.3) is 5.91 Å². The molecule has 1 heterocycles. The van der Waals surface area contributed by atoms with Gasteiger partial charge in [0.1, 0.15) is 5.75 Å². The molecule has 1 aliphatic rings. The van der Waals surface area contributed by atoms with Gasteiger partial charge >= 0.3 is 0 Å². The minimum atomic E-state index is -0.224. The normalized spacial score (nSPS) is 12.0. The lowest BCUT2D eigenvalue weighted by atomic mass is 10.2. The summed E-state index contributed by atoms with van der Waals surface area (Å²) in [5, 5.41) is 3.25. The third-order valence-corrected chi connectivity index (χ3v) is 3.43. The molecule has 5 nitrogen and oxygen atoms in total. The summed E-state index contributed by atoms with van der Waals surface area (Å²) in [6, 6.07) is 12.6. The van der Waals surface area contributed by atoms with Crippen molar-refractivity contribution in [3.8, 4) is 17.2 Å². The Morgan fingerprint density at radius 2 is 2.00 bits per heavy atom. The fourth-order valence-corrected chi connectivity index (χ4v) is 2.20. The Hall–Kier alpha value is -2.40. The molecular formula is C16H14ClNO4. The van der Waals surface area contributed by atoms with Crippen LogP contribution in [0.3, 0.4) is 0 Å². The van der Waals surface area contributed by atoms with E-state index in [1.807, 2.05) is 18.2 Å². The van der Waals surface area contributed by atoms with Crippen LogP contribution in [-0.4, -0.2) is 19.3 Å². The monoisotopic (exact) mass is 319 g/mol. The van der Waals surface area contributed by atoms with E-state index < -0.39 is 0 Å². The summed E-state index contributed by atoms with van der Waals surface area (Å²) in [5.74, 6) is 1.68. The molecule has 2 aromatic rings. The maximum absolute atomic E-state index is 11.8. The summed E-state index contributed by atoms with van der Waals surface area (Å²) < 4.78 is 15.9. The number of hydrogen-bond acceptors (Lipinski definition) is 4. The van der Waals surface area contributed by atoms with Gasteiger partial charge in [0.15, 0.2) is 18.1 Å². The number of amides is 1. The third-order valence-electron chi connectivity index (χ3n) is 3.12. The maximum atomic E-state index is 11.8. The van der Waals surface area contributed by atoms with Gasteiger partial charge in [-0.2, -0.15) is 0 Å². The zero-order valence-corrected chi connectivity index (χ0v) is 12.4. The van der Waals surface area contributed by atoms with Crippen LogP contribution in [0.15, 0.2) is 42.5 Å². The minimum Gasteiger partial charge on any atom is -0.482 e. The molecule has 1 amide bonds. The largest absolute Gasteiger partial charge is 0.482 e. The number of rotatable bonds is 5. The number of fused-ring (bicyclic) bond motifs is 1. The predicted octanol–water partition coefficient (Wildman–Crippen LogP) is 2.76. The molecule has 2 aromatic carbocycles. The molecule has 0 radical (unpaired) electrons. The van der Waals surface area contributed by atoms with Gasteiger partial charge < -0.3 is 19.5 Å². The highest BCUT2D eigenvalue weighted by molar-refractivity contribution is 6.32. The zero-order chi connectivity index (χ0) is 15.4. The van der Waals surface area contributed by atoms with Gasteiger partial charge in [0, 0.05) is 6.54 Å². The van der Waals surface area contributed by atoms with Crippen LogP contribution in [0.4, 0.5) is 0 Å². The van der Waals surface area contributed by atoms with E-state index in [1.54, 1.807) is 24.3 Å². The molecule has 0 unspecified atom stereocenters. The van der Waals surface area contributed by atoms with Crippen molar-refractivity contribution in [1.29, 1.82) is 0 Å². The number of carbonyl (C=O) groups excluding carboxylic acids is 1. The van der Waals surface area contributed by atoms with E-state index in [-0.39, 0.29) is 19.3 Å². The van der Waals surface area contributed by atoms with Crippen molar-refractivity contribution in [2.75, 3.05) is 13.4 Å². The van der Waals surface area contributed by atoms with Crippen molar-refractivity contribution in [2.45, 2.75) is 6.54 Å².